The van der Waals surface area contributed by atoms with E-state index in [9.17, 15) is 0 Å². The van der Waals surface area contributed by atoms with Crippen molar-refractivity contribution in [2.75, 3.05) is 6.61 Å². The predicted octanol–water partition coefficient (Wildman–Crippen LogP) is 7.19. The minimum atomic E-state index is 0.782. The van der Waals surface area contributed by atoms with Gasteiger partial charge in [0.25, 0.3) is 0 Å². The number of benzene rings is 1. The number of allylic oxidation sites excluding steroid dienone is 1. The lowest BCUT2D eigenvalue weighted by Crippen LogP contribution is -1.96. The highest BCUT2D eigenvalue weighted by atomic mass is 16.5. The lowest BCUT2D eigenvalue weighted by atomic mass is 10.1. The molecule has 1 nitrogen and oxygen atoms in total. The largest absolute Gasteiger partial charge is 0.502 e. The Morgan fingerprint density at radius 3 is 1.91 bits per heavy atom. The maximum absolute atomic E-state index is 4.97. The minimum absolute atomic E-state index is 0.782. The van der Waals surface area contributed by atoms with E-state index in [1.54, 1.807) is 0 Å². The zero-order valence-electron chi connectivity index (χ0n) is 16.0. The van der Waals surface area contributed by atoms with Gasteiger partial charge in [-0.25, -0.2) is 0 Å². The van der Waals surface area contributed by atoms with E-state index < -0.39 is 0 Å². The summed E-state index contributed by atoms with van der Waals surface area (Å²) in [5.74, 6) is 0.782. The molecule has 0 bridgehead atoms. The molecule has 0 aliphatic heterocycles. The van der Waals surface area contributed by atoms with Gasteiger partial charge >= 0.3 is 0 Å². The highest BCUT2D eigenvalue weighted by Crippen LogP contribution is 2.05. The van der Waals surface area contributed by atoms with Crippen LogP contribution in [0.15, 0.2) is 55.3 Å². The van der Waals surface area contributed by atoms with Crippen LogP contribution in [0.25, 0.3) is 0 Å². The first-order valence-electron chi connectivity index (χ1n) is 8.30. The average Bonchev–Trinajstić information content (AvgIpc) is 2.50. The Kier molecular flexibility index (Phi) is 25.2. The Labute approximate surface area is 140 Å². The first-order chi connectivity index (χ1) is 10.4. The number of ether oxygens (including phenoxy) is 1. The third-order valence-electron chi connectivity index (χ3n) is 2.48. The number of hydrogen-bond donors (Lipinski definition) is 0. The van der Waals surface area contributed by atoms with Crippen molar-refractivity contribution in [3.63, 3.8) is 0 Å². The molecule has 0 heterocycles. The van der Waals surface area contributed by atoms with E-state index in [1.807, 2.05) is 45.9 Å². The molecular weight excluding hydrogens is 268 g/mol. The molecule has 128 valence electrons. The first-order valence-corrected chi connectivity index (χ1v) is 8.30. The van der Waals surface area contributed by atoms with Crippen LogP contribution in [0.1, 0.15) is 59.9 Å². The SMILES string of the molecule is C=C(C)C.C=COCC[C@H](C)CC.CC.Cc1ccccc1. The van der Waals surface area contributed by atoms with Crippen molar-refractivity contribution in [2.24, 2.45) is 5.92 Å². The molecule has 0 aliphatic rings. The highest BCUT2D eigenvalue weighted by Gasteiger charge is 1.95. The van der Waals surface area contributed by atoms with Gasteiger partial charge in [0.2, 0.25) is 0 Å². The second-order valence-electron chi connectivity index (χ2n) is 5.20. The van der Waals surface area contributed by atoms with E-state index in [0.29, 0.717) is 0 Å². The zero-order chi connectivity index (χ0) is 17.8. The second-order valence-corrected chi connectivity index (χ2v) is 5.20. The van der Waals surface area contributed by atoms with Gasteiger partial charge < -0.3 is 4.74 Å². The van der Waals surface area contributed by atoms with Crippen molar-refractivity contribution in [1.29, 1.82) is 0 Å². The summed E-state index contributed by atoms with van der Waals surface area (Å²) in [5, 5.41) is 0. The Morgan fingerprint density at radius 1 is 1.18 bits per heavy atom. The van der Waals surface area contributed by atoms with Crippen LogP contribution in [0.4, 0.5) is 0 Å². The number of aryl methyl sites for hydroxylation is 1. The van der Waals surface area contributed by atoms with Crippen molar-refractivity contribution in [3.05, 3.63) is 60.9 Å². The Morgan fingerprint density at radius 2 is 1.64 bits per heavy atom. The van der Waals surface area contributed by atoms with Crippen LogP contribution in [0.3, 0.4) is 0 Å². The molecule has 0 saturated heterocycles. The standard InChI is InChI=1S/C8H16O.C7H8.C4H8.C2H6/c1-4-8(3)6-7-9-5-2;1-7-5-3-2-4-6-7;1-4(2)3;1-2/h5,8H,2,4,6-7H2,1,3H3;2-6H,1H3;1H2,2-3H3;1-2H3/t8-;;;/m1.../s1. The van der Waals surface area contributed by atoms with E-state index in [2.05, 4.69) is 46.1 Å². The third kappa shape index (κ3) is 31.1. The molecule has 1 rings (SSSR count). The molecule has 22 heavy (non-hydrogen) atoms. The summed E-state index contributed by atoms with van der Waals surface area (Å²) in [5.41, 5.74) is 2.49. The molecule has 0 N–H and O–H groups in total. The molecule has 1 aromatic carbocycles. The van der Waals surface area contributed by atoms with Gasteiger partial charge in [0.05, 0.1) is 12.9 Å². The molecule has 0 spiro atoms. The second kappa shape index (κ2) is 21.8. The van der Waals surface area contributed by atoms with E-state index in [0.717, 1.165) is 18.9 Å². The number of hydrogen-bond acceptors (Lipinski definition) is 1. The van der Waals surface area contributed by atoms with Crippen molar-refractivity contribution in [2.45, 2.75) is 61.3 Å². The van der Waals surface area contributed by atoms with E-state index >= 15 is 0 Å². The van der Waals surface area contributed by atoms with Crippen LogP contribution in [-0.4, -0.2) is 6.61 Å². The molecule has 0 radical (unpaired) electrons. The summed E-state index contributed by atoms with van der Waals surface area (Å²) in [6.45, 7) is 22.3. The van der Waals surface area contributed by atoms with Gasteiger partial charge in [-0.15, -0.1) is 6.58 Å². The smallest absolute Gasteiger partial charge is 0.0875 e. The van der Waals surface area contributed by atoms with Gasteiger partial charge in [-0.05, 0) is 33.1 Å². The fourth-order valence-corrected chi connectivity index (χ4v) is 1.09. The summed E-state index contributed by atoms with van der Waals surface area (Å²) in [7, 11) is 0. The molecule has 0 amide bonds. The minimum Gasteiger partial charge on any atom is -0.502 e. The van der Waals surface area contributed by atoms with Crippen LogP contribution in [0.2, 0.25) is 0 Å². The topological polar surface area (TPSA) is 9.23 Å². The fraction of sp³-hybridized carbons (Fsp3) is 0.524. The van der Waals surface area contributed by atoms with Crippen molar-refractivity contribution < 1.29 is 4.74 Å². The lowest BCUT2D eigenvalue weighted by molar-refractivity contribution is 0.225. The van der Waals surface area contributed by atoms with Gasteiger partial charge in [0.1, 0.15) is 0 Å². The summed E-state index contributed by atoms with van der Waals surface area (Å²) in [6.07, 6.45) is 3.88. The fourth-order valence-electron chi connectivity index (χ4n) is 1.09. The van der Waals surface area contributed by atoms with Crippen LogP contribution < -0.4 is 0 Å². The van der Waals surface area contributed by atoms with Crippen molar-refractivity contribution >= 4 is 0 Å². The maximum atomic E-state index is 4.97. The van der Waals surface area contributed by atoms with Crippen LogP contribution in [0, 0.1) is 12.8 Å². The molecular formula is C21H38O. The van der Waals surface area contributed by atoms with E-state index in [-0.39, 0.29) is 0 Å². The third-order valence-corrected chi connectivity index (χ3v) is 2.48. The van der Waals surface area contributed by atoms with Crippen LogP contribution >= 0.6 is 0 Å². The summed E-state index contributed by atoms with van der Waals surface area (Å²) in [4.78, 5) is 0. The monoisotopic (exact) mass is 306 g/mol. The molecule has 1 heteroatoms. The summed E-state index contributed by atoms with van der Waals surface area (Å²) < 4.78 is 4.97. The van der Waals surface area contributed by atoms with Gasteiger partial charge in [-0.1, -0.05) is 82.2 Å². The highest BCUT2D eigenvalue weighted by molar-refractivity contribution is 5.11. The normalized spacial score (nSPS) is 9.41. The molecule has 1 aromatic rings. The van der Waals surface area contributed by atoms with E-state index in [1.165, 1.54) is 23.8 Å². The summed E-state index contributed by atoms with van der Waals surface area (Å²) >= 11 is 0. The Balaban J connectivity index is -0.000000247. The van der Waals surface area contributed by atoms with E-state index in [4.69, 9.17) is 4.74 Å². The van der Waals surface area contributed by atoms with Crippen molar-refractivity contribution in [3.8, 4) is 0 Å². The van der Waals surface area contributed by atoms with Gasteiger partial charge in [-0.2, -0.15) is 0 Å². The summed E-state index contributed by atoms with van der Waals surface area (Å²) in [6, 6.07) is 10.3. The molecule has 0 saturated carbocycles. The number of rotatable bonds is 5. The Hall–Kier alpha value is -1.50. The average molecular weight is 307 g/mol. The molecule has 0 unspecified atom stereocenters. The molecule has 1 atom stereocenters. The molecule has 0 fully saturated rings. The van der Waals surface area contributed by atoms with Gasteiger partial charge in [0.15, 0.2) is 0 Å². The maximum Gasteiger partial charge on any atom is 0.0875 e. The van der Waals surface area contributed by atoms with Crippen LogP contribution in [-0.2, 0) is 4.74 Å². The van der Waals surface area contributed by atoms with Gasteiger partial charge in [0, 0.05) is 0 Å². The Bertz CT molecular complexity index is 323. The van der Waals surface area contributed by atoms with Gasteiger partial charge in [-0.3, -0.25) is 0 Å². The first kappa shape index (κ1) is 25.5. The molecule has 0 aliphatic carbocycles. The van der Waals surface area contributed by atoms with Crippen LogP contribution in [0.5, 0.6) is 0 Å². The lowest BCUT2D eigenvalue weighted by Gasteiger charge is -2.05. The zero-order valence-corrected chi connectivity index (χ0v) is 16.0. The quantitative estimate of drug-likeness (QED) is 0.318. The van der Waals surface area contributed by atoms with Crippen molar-refractivity contribution in [1.82, 2.24) is 0 Å². The predicted molar refractivity (Wildman–Crippen MR) is 103 cm³/mol. The molecule has 0 aromatic heterocycles.